The van der Waals surface area contributed by atoms with Crippen LogP contribution in [0.2, 0.25) is 0 Å². The molecule has 0 saturated carbocycles. The van der Waals surface area contributed by atoms with Crippen molar-refractivity contribution < 1.29 is 9.84 Å². The van der Waals surface area contributed by atoms with Crippen molar-refractivity contribution in [2.75, 3.05) is 20.2 Å². The normalized spacial score (nSPS) is 24.8. The van der Waals surface area contributed by atoms with E-state index in [0.717, 1.165) is 43.1 Å². The first-order chi connectivity index (χ1) is 8.79. The van der Waals surface area contributed by atoms with E-state index in [1.165, 1.54) is 5.56 Å². The van der Waals surface area contributed by atoms with Gasteiger partial charge in [-0.15, -0.1) is 12.4 Å². The third-order valence-corrected chi connectivity index (χ3v) is 3.83. The van der Waals surface area contributed by atoms with Gasteiger partial charge in [0.25, 0.3) is 0 Å². The van der Waals surface area contributed by atoms with Crippen LogP contribution in [-0.2, 0) is 6.42 Å². The highest BCUT2D eigenvalue weighted by atomic mass is 35.5. The summed E-state index contributed by atoms with van der Waals surface area (Å²) in [6, 6.07) is 5.91. The number of hydrogen-bond acceptors (Lipinski definition) is 4. The van der Waals surface area contributed by atoms with Crippen LogP contribution in [0.1, 0.15) is 23.7 Å². The van der Waals surface area contributed by atoms with Crippen molar-refractivity contribution in [3.05, 3.63) is 29.3 Å². The van der Waals surface area contributed by atoms with Gasteiger partial charge in [0.05, 0.1) is 19.8 Å². The molecule has 2 atom stereocenters. The van der Waals surface area contributed by atoms with E-state index in [1.54, 1.807) is 7.11 Å². The first kappa shape index (κ1) is 14.2. The molecule has 1 aromatic rings. The quantitative estimate of drug-likeness (QED) is 0.868. The number of aliphatic hydroxyl groups is 1. The Morgan fingerprint density at radius 1 is 1.42 bits per heavy atom. The molecule has 0 bridgehead atoms. The van der Waals surface area contributed by atoms with Gasteiger partial charge in [0.2, 0.25) is 0 Å². The van der Waals surface area contributed by atoms with Crippen LogP contribution in [0.3, 0.4) is 0 Å². The van der Waals surface area contributed by atoms with Crippen molar-refractivity contribution in [1.29, 1.82) is 0 Å². The number of aryl methyl sites for hydroxylation is 1. The molecule has 0 amide bonds. The van der Waals surface area contributed by atoms with Crippen molar-refractivity contribution in [2.45, 2.75) is 18.9 Å². The molecule has 104 valence electrons. The molecule has 19 heavy (non-hydrogen) atoms. The van der Waals surface area contributed by atoms with Gasteiger partial charge in [0, 0.05) is 12.5 Å². The number of methoxy groups -OCH3 is 1. The standard InChI is InChI=1S/C14H18N2O2.ClH/c1-18-10-3-5-11-9(8-10)2-4-12(13(11)17)14-15-6-7-16-14;/h3,5,8,12-13,17H,2,4,6-7H2,1H3,(H,15,16);1H/t12-,13-;/m1./s1. The molecule has 0 fully saturated rings. The molecule has 0 saturated heterocycles. The summed E-state index contributed by atoms with van der Waals surface area (Å²) in [7, 11) is 1.67. The second-order valence-electron chi connectivity index (χ2n) is 4.85. The van der Waals surface area contributed by atoms with E-state index in [9.17, 15) is 5.11 Å². The molecule has 1 aliphatic heterocycles. The Labute approximate surface area is 119 Å². The summed E-state index contributed by atoms with van der Waals surface area (Å²) >= 11 is 0. The number of aliphatic hydroxyl groups excluding tert-OH is 1. The molecule has 2 N–H and O–H groups in total. The molecule has 5 heteroatoms. The zero-order valence-electron chi connectivity index (χ0n) is 10.9. The summed E-state index contributed by atoms with van der Waals surface area (Å²) in [5.41, 5.74) is 2.21. The van der Waals surface area contributed by atoms with Crippen molar-refractivity contribution in [3.63, 3.8) is 0 Å². The van der Waals surface area contributed by atoms with Gasteiger partial charge in [-0.3, -0.25) is 4.99 Å². The molecule has 2 aliphatic rings. The van der Waals surface area contributed by atoms with Crippen LogP contribution in [0.4, 0.5) is 0 Å². The smallest absolute Gasteiger partial charge is 0.119 e. The molecular formula is C14H19ClN2O2. The zero-order valence-corrected chi connectivity index (χ0v) is 11.7. The number of rotatable bonds is 2. The van der Waals surface area contributed by atoms with E-state index in [-0.39, 0.29) is 18.3 Å². The van der Waals surface area contributed by atoms with Gasteiger partial charge in [-0.05, 0) is 36.1 Å². The zero-order chi connectivity index (χ0) is 12.5. The van der Waals surface area contributed by atoms with Gasteiger partial charge in [-0.1, -0.05) is 6.07 Å². The van der Waals surface area contributed by atoms with E-state index in [4.69, 9.17) is 4.74 Å². The number of hydrogen-bond donors (Lipinski definition) is 2. The fourth-order valence-corrected chi connectivity index (χ4v) is 2.85. The Bertz CT molecular complexity index is 490. The maximum atomic E-state index is 10.5. The lowest BCUT2D eigenvalue weighted by Crippen LogP contribution is -2.34. The average molecular weight is 283 g/mol. The van der Waals surface area contributed by atoms with Crippen LogP contribution in [0.15, 0.2) is 23.2 Å². The number of benzene rings is 1. The first-order valence-electron chi connectivity index (χ1n) is 6.42. The number of ether oxygens (including phenoxy) is 1. The Balaban J connectivity index is 0.00000133. The van der Waals surface area contributed by atoms with Gasteiger partial charge < -0.3 is 15.2 Å². The van der Waals surface area contributed by atoms with Crippen molar-refractivity contribution in [2.24, 2.45) is 10.9 Å². The number of nitrogens with one attached hydrogen (secondary N) is 1. The predicted octanol–water partition coefficient (Wildman–Crippen LogP) is 1.71. The van der Waals surface area contributed by atoms with Crippen LogP contribution in [0, 0.1) is 5.92 Å². The monoisotopic (exact) mass is 282 g/mol. The van der Waals surface area contributed by atoms with Gasteiger partial charge in [-0.2, -0.15) is 0 Å². The highest BCUT2D eigenvalue weighted by Crippen LogP contribution is 2.36. The number of nitrogens with zero attached hydrogens (tertiary/aromatic N) is 1. The highest BCUT2D eigenvalue weighted by Gasteiger charge is 2.32. The van der Waals surface area contributed by atoms with Gasteiger partial charge in [0.15, 0.2) is 0 Å². The summed E-state index contributed by atoms with van der Waals surface area (Å²) in [5.74, 6) is 1.95. The average Bonchev–Trinajstić information content (AvgIpc) is 2.92. The van der Waals surface area contributed by atoms with Crippen LogP contribution in [0.25, 0.3) is 0 Å². The second kappa shape index (κ2) is 5.80. The lowest BCUT2D eigenvalue weighted by atomic mass is 9.80. The second-order valence-corrected chi connectivity index (χ2v) is 4.85. The van der Waals surface area contributed by atoms with Crippen LogP contribution < -0.4 is 10.1 Å². The van der Waals surface area contributed by atoms with E-state index in [0.29, 0.717) is 0 Å². The van der Waals surface area contributed by atoms with Crippen molar-refractivity contribution in [3.8, 4) is 5.75 Å². The summed E-state index contributed by atoms with van der Waals surface area (Å²) in [4.78, 5) is 4.44. The molecule has 3 rings (SSSR count). The largest absolute Gasteiger partial charge is 0.497 e. The molecule has 0 spiro atoms. The van der Waals surface area contributed by atoms with Gasteiger partial charge in [-0.25, -0.2) is 0 Å². The van der Waals surface area contributed by atoms with Gasteiger partial charge in [0.1, 0.15) is 11.6 Å². The molecule has 1 heterocycles. The maximum absolute atomic E-state index is 10.5. The summed E-state index contributed by atoms with van der Waals surface area (Å²) in [6.07, 6.45) is 1.45. The molecule has 0 unspecified atom stereocenters. The number of fused-ring (bicyclic) bond motifs is 1. The molecule has 1 aromatic carbocycles. The Morgan fingerprint density at radius 2 is 2.26 bits per heavy atom. The molecule has 0 radical (unpaired) electrons. The van der Waals surface area contributed by atoms with Crippen LogP contribution >= 0.6 is 12.4 Å². The maximum Gasteiger partial charge on any atom is 0.119 e. The summed E-state index contributed by atoms with van der Waals surface area (Å²) in [5, 5.41) is 13.8. The number of amidine groups is 1. The minimum atomic E-state index is -0.455. The Hall–Kier alpha value is -1.26. The number of aliphatic imine (C=N–C) groups is 1. The van der Waals surface area contributed by atoms with E-state index in [2.05, 4.69) is 10.3 Å². The molecule has 1 aliphatic carbocycles. The minimum Gasteiger partial charge on any atom is -0.497 e. The molecule has 4 nitrogen and oxygen atoms in total. The van der Waals surface area contributed by atoms with E-state index >= 15 is 0 Å². The van der Waals surface area contributed by atoms with E-state index in [1.807, 2.05) is 18.2 Å². The highest BCUT2D eigenvalue weighted by molar-refractivity contribution is 5.87. The SMILES string of the molecule is COc1ccc2c(c1)CC[C@@H](C1=NCCN1)[C@@H]2O.Cl. The Morgan fingerprint density at radius 3 is 2.95 bits per heavy atom. The van der Waals surface area contributed by atoms with Gasteiger partial charge >= 0.3 is 0 Å². The third kappa shape index (κ3) is 2.55. The predicted molar refractivity (Wildman–Crippen MR) is 77.3 cm³/mol. The fraction of sp³-hybridized carbons (Fsp3) is 0.500. The Kier molecular flexibility index (Phi) is 4.32. The first-order valence-corrected chi connectivity index (χ1v) is 6.42. The molecular weight excluding hydrogens is 264 g/mol. The third-order valence-electron chi connectivity index (χ3n) is 3.83. The van der Waals surface area contributed by atoms with Crippen molar-refractivity contribution >= 4 is 18.2 Å². The fourth-order valence-electron chi connectivity index (χ4n) is 2.85. The minimum absolute atomic E-state index is 0. The van der Waals surface area contributed by atoms with Crippen LogP contribution in [0.5, 0.6) is 5.75 Å². The summed E-state index contributed by atoms with van der Waals surface area (Å²) < 4.78 is 5.22. The number of halogens is 1. The van der Waals surface area contributed by atoms with Crippen LogP contribution in [-0.4, -0.2) is 31.1 Å². The summed E-state index contributed by atoms with van der Waals surface area (Å²) in [6.45, 7) is 1.72. The lowest BCUT2D eigenvalue weighted by molar-refractivity contribution is 0.125. The lowest BCUT2D eigenvalue weighted by Gasteiger charge is -2.30. The van der Waals surface area contributed by atoms with Crippen molar-refractivity contribution in [1.82, 2.24) is 5.32 Å². The topological polar surface area (TPSA) is 53.8 Å². The van der Waals surface area contributed by atoms with E-state index < -0.39 is 6.10 Å². The molecule has 0 aromatic heterocycles.